The lowest BCUT2D eigenvalue weighted by molar-refractivity contribution is 0.0452. The van der Waals surface area contributed by atoms with E-state index in [1.54, 1.807) is 19.2 Å². The first-order chi connectivity index (χ1) is 16.3. The van der Waals surface area contributed by atoms with E-state index in [4.69, 9.17) is 18.9 Å². The van der Waals surface area contributed by atoms with Crippen molar-refractivity contribution in [2.45, 2.75) is 53.8 Å². The summed E-state index contributed by atoms with van der Waals surface area (Å²) in [5.41, 5.74) is 2.45. The Morgan fingerprint density at radius 2 is 1.91 bits per heavy atom. The zero-order valence-electron chi connectivity index (χ0n) is 21.1. The van der Waals surface area contributed by atoms with Crippen LogP contribution in [0.3, 0.4) is 0 Å². The van der Waals surface area contributed by atoms with E-state index in [1.807, 2.05) is 32.9 Å². The van der Waals surface area contributed by atoms with E-state index >= 15 is 0 Å². The molecule has 3 rings (SSSR count). The quantitative estimate of drug-likeness (QED) is 0.473. The molecule has 34 heavy (non-hydrogen) atoms. The zero-order chi connectivity index (χ0) is 24.8. The molecule has 1 N–H and O–H groups in total. The molecule has 1 aliphatic rings. The van der Waals surface area contributed by atoms with Crippen LogP contribution in [0, 0.1) is 12.8 Å². The smallest absolute Gasteiger partial charge is 0.346 e. The predicted molar refractivity (Wildman–Crippen MR) is 131 cm³/mol. The number of carbonyl (C=O) groups excluding carboxylic acids is 1. The average molecular weight is 472 g/mol. The van der Waals surface area contributed by atoms with Gasteiger partial charge < -0.3 is 29.0 Å². The van der Waals surface area contributed by atoms with Crippen LogP contribution in [0.15, 0.2) is 24.3 Å². The van der Waals surface area contributed by atoms with Gasteiger partial charge in [0.2, 0.25) is 0 Å². The topological polar surface area (TPSA) is 77.5 Å². The van der Waals surface area contributed by atoms with Crippen molar-refractivity contribution in [3.05, 3.63) is 46.5 Å². The minimum Gasteiger partial charge on any atom is -0.493 e. The third kappa shape index (κ3) is 5.83. The van der Waals surface area contributed by atoms with Crippen molar-refractivity contribution >= 4 is 5.97 Å². The number of hydrogen-bond donors (Lipinski definition) is 1. The minimum absolute atomic E-state index is 0.0449. The highest BCUT2D eigenvalue weighted by molar-refractivity contribution is 5.96. The van der Waals surface area contributed by atoms with Crippen LogP contribution in [0.4, 0.5) is 0 Å². The molecule has 1 unspecified atom stereocenters. The predicted octanol–water partition coefficient (Wildman–Crippen LogP) is 5.27. The van der Waals surface area contributed by atoms with E-state index in [2.05, 4.69) is 18.7 Å². The maximum absolute atomic E-state index is 13.2. The van der Waals surface area contributed by atoms with Gasteiger partial charge in [0.05, 0.1) is 13.2 Å². The van der Waals surface area contributed by atoms with Crippen LogP contribution in [-0.4, -0.2) is 49.3 Å². The number of likely N-dealkylation sites (N-methyl/N-ethyl adjacent to an activating group) is 1. The number of cyclic esters (lactones) is 1. The Balaban J connectivity index is 2.08. The summed E-state index contributed by atoms with van der Waals surface area (Å²) in [4.78, 5) is 15.5. The number of methoxy groups -OCH3 is 1. The molecule has 2 aromatic rings. The van der Waals surface area contributed by atoms with Crippen LogP contribution in [0.2, 0.25) is 0 Å². The molecule has 0 bridgehead atoms. The molecular weight excluding hydrogens is 434 g/mol. The number of aliphatic hydroxyl groups excluding tert-OH is 1. The maximum atomic E-state index is 13.2. The highest BCUT2D eigenvalue weighted by atomic mass is 16.6. The Morgan fingerprint density at radius 3 is 2.56 bits per heavy atom. The van der Waals surface area contributed by atoms with Crippen LogP contribution < -0.4 is 14.2 Å². The van der Waals surface area contributed by atoms with Gasteiger partial charge in [0.1, 0.15) is 30.3 Å². The van der Waals surface area contributed by atoms with Crippen molar-refractivity contribution in [3.8, 4) is 23.0 Å². The zero-order valence-corrected chi connectivity index (χ0v) is 21.1. The third-order valence-electron chi connectivity index (χ3n) is 6.02. The minimum atomic E-state index is -0.781. The number of aliphatic hydroxyl groups is 1. The van der Waals surface area contributed by atoms with Crippen molar-refractivity contribution < 1.29 is 28.8 Å². The molecule has 0 aliphatic carbocycles. The van der Waals surface area contributed by atoms with E-state index in [0.29, 0.717) is 48.1 Å². The summed E-state index contributed by atoms with van der Waals surface area (Å²) in [5, 5.41) is 11.0. The first-order valence-corrected chi connectivity index (χ1v) is 12.0. The molecular formula is C27H37NO6. The Kier molecular flexibility index (Phi) is 8.80. The van der Waals surface area contributed by atoms with Gasteiger partial charge in [-0.1, -0.05) is 27.7 Å². The molecule has 2 aromatic carbocycles. The second-order valence-electron chi connectivity index (χ2n) is 9.01. The van der Waals surface area contributed by atoms with Gasteiger partial charge in [0.15, 0.2) is 11.5 Å². The fourth-order valence-corrected chi connectivity index (χ4v) is 4.18. The van der Waals surface area contributed by atoms with Gasteiger partial charge in [-0.2, -0.15) is 0 Å². The fourth-order valence-electron chi connectivity index (χ4n) is 4.18. The number of esters is 1. The second kappa shape index (κ2) is 11.6. The molecule has 0 radical (unpaired) electrons. The number of benzene rings is 2. The summed E-state index contributed by atoms with van der Waals surface area (Å²) in [5.74, 6) is 1.42. The highest BCUT2D eigenvalue weighted by Crippen LogP contribution is 2.44. The lowest BCUT2D eigenvalue weighted by Crippen LogP contribution is -2.28. The highest BCUT2D eigenvalue weighted by Gasteiger charge is 2.30. The van der Waals surface area contributed by atoms with Crippen molar-refractivity contribution in [3.63, 3.8) is 0 Å². The molecule has 1 atom stereocenters. The maximum Gasteiger partial charge on any atom is 0.346 e. The Morgan fingerprint density at radius 1 is 1.18 bits per heavy atom. The summed E-state index contributed by atoms with van der Waals surface area (Å²) < 4.78 is 23.7. The van der Waals surface area contributed by atoms with Crippen molar-refractivity contribution in [2.75, 3.05) is 33.4 Å². The van der Waals surface area contributed by atoms with Crippen molar-refractivity contribution in [2.24, 2.45) is 5.92 Å². The van der Waals surface area contributed by atoms with Crippen LogP contribution in [0.25, 0.3) is 0 Å². The first kappa shape index (κ1) is 25.8. The molecule has 0 saturated carbocycles. The van der Waals surface area contributed by atoms with Gasteiger partial charge in [-0.15, -0.1) is 0 Å². The SMILES string of the molecule is CCN(CC)CCOc1c(C(O)CC(C)C)ccc2c1C(=O)OCc1cc(C)cc(OC)c1O2. The molecule has 186 valence electrons. The van der Waals surface area contributed by atoms with Crippen molar-refractivity contribution in [1.82, 2.24) is 4.90 Å². The molecule has 1 heterocycles. The van der Waals surface area contributed by atoms with E-state index < -0.39 is 12.1 Å². The van der Waals surface area contributed by atoms with Crippen molar-refractivity contribution in [1.29, 1.82) is 0 Å². The second-order valence-corrected chi connectivity index (χ2v) is 9.01. The molecule has 1 aliphatic heterocycles. The summed E-state index contributed by atoms with van der Waals surface area (Å²) in [6, 6.07) is 7.26. The number of ether oxygens (including phenoxy) is 4. The lowest BCUT2D eigenvalue weighted by atomic mass is 9.96. The van der Waals surface area contributed by atoms with Crippen LogP contribution >= 0.6 is 0 Å². The normalized spacial score (nSPS) is 14.0. The molecule has 0 fully saturated rings. The van der Waals surface area contributed by atoms with E-state index in [9.17, 15) is 9.90 Å². The van der Waals surface area contributed by atoms with Crippen LogP contribution in [0.5, 0.6) is 23.0 Å². The Bertz CT molecular complexity index is 999. The molecule has 0 aromatic heterocycles. The van der Waals surface area contributed by atoms with E-state index in [-0.39, 0.29) is 18.1 Å². The van der Waals surface area contributed by atoms with Gasteiger partial charge in [-0.25, -0.2) is 4.79 Å². The largest absolute Gasteiger partial charge is 0.493 e. The monoisotopic (exact) mass is 471 g/mol. The first-order valence-electron chi connectivity index (χ1n) is 12.0. The number of rotatable bonds is 10. The number of hydrogen-bond acceptors (Lipinski definition) is 7. The van der Waals surface area contributed by atoms with Gasteiger partial charge in [-0.05, 0) is 62.2 Å². The molecule has 0 amide bonds. The summed E-state index contributed by atoms with van der Waals surface area (Å²) in [6.45, 7) is 13.1. The summed E-state index contributed by atoms with van der Waals surface area (Å²) in [7, 11) is 1.58. The Labute approximate surface area is 202 Å². The Hall–Kier alpha value is -2.77. The number of carbonyl (C=O) groups is 1. The number of nitrogens with zero attached hydrogens (tertiary/aromatic N) is 1. The van der Waals surface area contributed by atoms with E-state index in [1.165, 1.54) is 0 Å². The molecule has 7 heteroatoms. The van der Waals surface area contributed by atoms with E-state index in [0.717, 1.165) is 24.2 Å². The van der Waals surface area contributed by atoms with Gasteiger partial charge in [-0.3, -0.25) is 0 Å². The number of aryl methyl sites for hydroxylation is 1. The van der Waals surface area contributed by atoms with Crippen LogP contribution in [-0.2, 0) is 11.3 Å². The third-order valence-corrected chi connectivity index (χ3v) is 6.02. The standard InChI is InChI=1S/C27H37NO6/c1-7-28(8-2)11-12-32-26-20(21(29)13-17(3)4)9-10-22-24(26)27(30)33-16-19-14-18(5)15-23(31-6)25(19)34-22/h9-10,14-15,17,21,29H,7-8,11-13,16H2,1-6H3. The average Bonchev–Trinajstić information content (AvgIpc) is 2.79. The molecule has 0 spiro atoms. The van der Waals surface area contributed by atoms with Gasteiger partial charge >= 0.3 is 5.97 Å². The molecule has 0 saturated heterocycles. The van der Waals surface area contributed by atoms with Crippen LogP contribution in [0.1, 0.15) is 67.3 Å². The summed E-state index contributed by atoms with van der Waals surface area (Å²) in [6.07, 6.45) is -0.242. The fraction of sp³-hybridized carbons (Fsp3) is 0.519. The van der Waals surface area contributed by atoms with Gasteiger partial charge in [0.25, 0.3) is 0 Å². The molecule has 7 nitrogen and oxygen atoms in total. The lowest BCUT2D eigenvalue weighted by Gasteiger charge is -2.25. The van der Waals surface area contributed by atoms with Gasteiger partial charge in [0, 0.05) is 17.7 Å². The summed E-state index contributed by atoms with van der Waals surface area (Å²) >= 11 is 0. The number of fused-ring (bicyclic) bond motifs is 2.